The van der Waals surface area contributed by atoms with E-state index in [1.54, 1.807) is 18.2 Å². The van der Waals surface area contributed by atoms with Gasteiger partial charge in [-0.15, -0.1) is 0 Å². The van der Waals surface area contributed by atoms with Crippen LogP contribution in [-0.2, 0) is 11.2 Å². The van der Waals surface area contributed by atoms with Crippen LogP contribution in [0.25, 0.3) is 0 Å². The second-order valence-electron chi connectivity index (χ2n) is 5.87. The fourth-order valence-electron chi connectivity index (χ4n) is 2.61. The lowest BCUT2D eigenvalue weighted by Crippen LogP contribution is -2.54. The number of rotatable bonds is 5. The van der Waals surface area contributed by atoms with Crippen molar-refractivity contribution in [3.8, 4) is 5.75 Å². The van der Waals surface area contributed by atoms with Crippen molar-refractivity contribution in [2.24, 2.45) is 0 Å². The second kappa shape index (κ2) is 7.43. The van der Waals surface area contributed by atoms with Crippen molar-refractivity contribution in [3.63, 3.8) is 0 Å². The average Bonchev–Trinajstić information content (AvgIpc) is 2.46. The number of nitrogens with one attached hydrogen (secondary N) is 1. The van der Waals surface area contributed by atoms with Gasteiger partial charge in [0.2, 0.25) is 5.91 Å². The molecule has 0 radical (unpaired) electrons. The fraction of sp³-hybridized carbons (Fsp3) is 0.562. The summed E-state index contributed by atoms with van der Waals surface area (Å²) in [6.45, 7) is 3.81. The minimum atomic E-state index is 0.0694. The molecule has 0 bridgehead atoms. The van der Waals surface area contributed by atoms with Crippen LogP contribution in [0.5, 0.6) is 5.75 Å². The summed E-state index contributed by atoms with van der Waals surface area (Å²) in [7, 11) is 4.22. The van der Waals surface area contributed by atoms with Crippen molar-refractivity contribution in [2.45, 2.75) is 18.9 Å². The van der Waals surface area contributed by atoms with Crippen molar-refractivity contribution in [1.29, 1.82) is 0 Å². The van der Waals surface area contributed by atoms with Crippen molar-refractivity contribution in [1.82, 2.24) is 15.1 Å². The molecule has 0 aliphatic carbocycles. The summed E-state index contributed by atoms with van der Waals surface area (Å²) in [5.74, 6) is 0.319. The van der Waals surface area contributed by atoms with Crippen LogP contribution >= 0.6 is 0 Å². The Morgan fingerprint density at radius 2 is 2.19 bits per heavy atom. The summed E-state index contributed by atoms with van der Waals surface area (Å²) in [5, 5.41) is 12.4. The topological polar surface area (TPSA) is 55.8 Å². The van der Waals surface area contributed by atoms with Gasteiger partial charge in [-0.1, -0.05) is 12.1 Å². The Hall–Kier alpha value is -1.59. The number of benzene rings is 1. The first-order valence-electron chi connectivity index (χ1n) is 7.48. The molecule has 1 saturated heterocycles. The Balaban J connectivity index is 1.72. The van der Waals surface area contributed by atoms with Crippen LogP contribution in [0.2, 0.25) is 0 Å². The number of carbonyl (C=O) groups is 1. The molecule has 1 heterocycles. The maximum atomic E-state index is 11.9. The minimum Gasteiger partial charge on any atom is -0.508 e. The normalized spacial score (nSPS) is 20.4. The smallest absolute Gasteiger partial charge is 0.220 e. The molecule has 1 atom stereocenters. The predicted molar refractivity (Wildman–Crippen MR) is 83.4 cm³/mol. The van der Waals surface area contributed by atoms with E-state index in [9.17, 15) is 9.90 Å². The summed E-state index contributed by atoms with van der Waals surface area (Å²) >= 11 is 0. The highest BCUT2D eigenvalue weighted by molar-refractivity contribution is 5.76. The Labute approximate surface area is 126 Å². The quantitative estimate of drug-likeness (QED) is 0.838. The molecule has 0 aromatic heterocycles. The first-order chi connectivity index (χ1) is 10.0. The number of amides is 1. The summed E-state index contributed by atoms with van der Waals surface area (Å²) in [4.78, 5) is 16.5. The molecule has 0 spiro atoms. The predicted octanol–water partition coefficient (Wildman–Crippen LogP) is 0.687. The van der Waals surface area contributed by atoms with Gasteiger partial charge in [-0.2, -0.15) is 0 Å². The lowest BCUT2D eigenvalue weighted by molar-refractivity contribution is -0.121. The molecule has 1 aliphatic heterocycles. The standard InChI is InChI=1S/C16H25N3O2/c1-18-8-9-19(2)14(12-18)11-17-16(21)7-6-13-4-3-5-15(20)10-13/h3-5,10,14,20H,6-9,11-12H2,1-2H3,(H,17,21). The Kier molecular flexibility index (Phi) is 5.59. The number of hydrogen-bond acceptors (Lipinski definition) is 4. The molecule has 1 aliphatic rings. The van der Waals surface area contributed by atoms with Gasteiger partial charge >= 0.3 is 0 Å². The number of hydrogen-bond donors (Lipinski definition) is 2. The largest absolute Gasteiger partial charge is 0.508 e. The first-order valence-corrected chi connectivity index (χ1v) is 7.48. The van der Waals surface area contributed by atoms with Crippen LogP contribution in [-0.4, -0.2) is 67.1 Å². The second-order valence-corrected chi connectivity index (χ2v) is 5.87. The van der Waals surface area contributed by atoms with E-state index in [2.05, 4.69) is 29.2 Å². The molecule has 5 nitrogen and oxygen atoms in total. The van der Waals surface area contributed by atoms with Crippen LogP contribution in [0.1, 0.15) is 12.0 Å². The van der Waals surface area contributed by atoms with Gasteiger partial charge in [0.25, 0.3) is 0 Å². The van der Waals surface area contributed by atoms with Crippen molar-refractivity contribution in [2.75, 3.05) is 40.3 Å². The van der Waals surface area contributed by atoms with Gasteiger partial charge in [0.1, 0.15) is 5.75 Å². The summed E-state index contributed by atoms with van der Waals surface area (Å²) in [6.07, 6.45) is 1.11. The molecule has 1 aromatic carbocycles. The zero-order valence-corrected chi connectivity index (χ0v) is 12.9. The third-order valence-electron chi connectivity index (χ3n) is 4.07. The molecule has 116 valence electrons. The van der Waals surface area contributed by atoms with Crippen LogP contribution in [0.15, 0.2) is 24.3 Å². The van der Waals surface area contributed by atoms with E-state index in [1.807, 2.05) is 6.07 Å². The summed E-state index contributed by atoms with van der Waals surface area (Å²) < 4.78 is 0. The molecule has 1 amide bonds. The number of nitrogens with zero attached hydrogens (tertiary/aromatic N) is 2. The molecular weight excluding hydrogens is 266 g/mol. The molecule has 5 heteroatoms. The van der Waals surface area contributed by atoms with Gasteiger partial charge in [0.15, 0.2) is 0 Å². The fourth-order valence-corrected chi connectivity index (χ4v) is 2.61. The minimum absolute atomic E-state index is 0.0694. The van der Waals surface area contributed by atoms with Gasteiger partial charge in [0.05, 0.1) is 0 Å². The number of aryl methyl sites for hydroxylation is 1. The molecule has 2 N–H and O–H groups in total. The van der Waals surface area contributed by atoms with Crippen LogP contribution in [0.4, 0.5) is 0 Å². The van der Waals surface area contributed by atoms with Crippen LogP contribution in [0, 0.1) is 0 Å². The molecule has 21 heavy (non-hydrogen) atoms. The zero-order chi connectivity index (χ0) is 15.2. The highest BCUT2D eigenvalue weighted by Crippen LogP contribution is 2.12. The van der Waals surface area contributed by atoms with Crippen LogP contribution < -0.4 is 5.32 Å². The van der Waals surface area contributed by atoms with Crippen LogP contribution in [0.3, 0.4) is 0 Å². The molecule has 1 unspecified atom stereocenters. The number of carbonyl (C=O) groups excluding carboxylic acids is 1. The third kappa shape index (κ3) is 5.02. The number of phenolic OH excluding ortho intramolecular Hbond substituents is 1. The van der Waals surface area contributed by atoms with Crippen molar-refractivity contribution < 1.29 is 9.90 Å². The maximum Gasteiger partial charge on any atom is 0.220 e. The SMILES string of the molecule is CN1CCN(C)C(CNC(=O)CCc2cccc(O)c2)C1. The van der Waals surface area contributed by atoms with E-state index in [0.717, 1.165) is 25.2 Å². The van der Waals surface area contributed by atoms with Crippen molar-refractivity contribution in [3.05, 3.63) is 29.8 Å². The molecular formula is C16H25N3O2. The van der Waals surface area contributed by atoms with Gasteiger partial charge in [0, 0.05) is 38.6 Å². The van der Waals surface area contributed by atoms with Gasteiger partial charge in [-0.05, 0) is 38.2 Å². The Morgan fingerprint density at radius 1 is 1.38 bits per heavy atom. The molecule has 2 rings (SSSR count). The van der Waals surface area contributed by atoms with E-state index in [0.29, 0.717) is 25.4 Å². The van der Waals surface area contributed by atoms with E-state index in [4.69, 9.17) is 0 Å². The lowest BCUT2D eigenvalue weighted by atomic mass is 10.1. The van der Waals surface area contributed by atoms with Gasteiger partial charge < -0.3 is 15.3 Å². The first kappa shape index (κ1) is 15.8. The van der Waals surface area contributed by atoms with E-state index in [1.165, 1.54) is 0 Å². The Morgan fingerprint density at radius 3 is 2.95 bits per heavy atom. The highest BCUT2D eigenvalue weighted by atomic mass is 16.3. The highest BCUT2D eigenvalue weighted by Gasteiger charge is 2.22. The number of aromatic hydroxyl groups is 1. The lowest BCUT2D eigenvalue weighted by Gasteiger charge is -2.37. The van der Waals surface area contributed by atoms with Crippen molar-refractivity contribution >= 4 is 5.91 Å². The molecule has 1 fully saturated rings. The molecule has 0 saturated carbocycles. The van der Waals surface area contributed by atoms with Gasteiger partial charge in [-0.25, -0.2) is 0 Å². The zero-order valence-electron chi connectivity index (χ0n) is 12.9. The number of phenols is 1. The molecule has 1 aromatic rings. The third-order valence-corrected chi connectivity index (χ3v) is 4.07. The van der Waals surface area contributed by atoms with E-state index in [-0.39, 0.29) is 11.7 Å². The Bertz CT molecular complexity index is 478. The van der Waals surface area contributed by atoms with E-state index < -0.39 is 0 Å². The number of likely N-dealkylation sites (N-methyl/N-ethyl adjacent to an activating group) is 2. The van der Waals surface area contributed by atoms with Gasteiger partial charge in [-0.3, -0.25) is 9.69 Å². The summed E-state index contributed by atoms with van der Waals surface area (Å²) in [5.41, 5.74) is 0.986. The maximum absolute atomic E-state index is 11.9. The van der Waals surface area contributed by atoms with E-state index >= 15 is 0 Å². The summed E-state index contributed by atoms with van der Waals surface area (Å²) in [6, 6.07) is 7.45. The monoisotopic (exact) mass is 291 g/mol. The number of piperazine rings is 1. The average molecular weight is 291 g/mol.